The summed E-state index contributed by atoms with van der Waals surface area (Å²) in [5, 5.41) is 11.4. The quantitative estimate of drug-likeness (QED) is 0.842. The fraction of sp³-hybridized carbons (Fsp3) is 0.385. The lowest BCUT2D eigenvalue weighted by atomic mass is 10.2. The van der Waals surface area contributed by atoms with Gasteiger partial charge in [-0.15, -0.1) is 0 Å². The molecule has 0 aliphatic rings. The van der Waals surface area contributed by atoms with Crippen LogP contribution >= 0.6 is 0 Å². The van der Waals surface area contributed by atoms with Crippen LogP contribution in [0.4, 0.5) is 0 Å². The second-order valence-electron chi connectivity index (χ2n) is 3.80. The predicted octanol–water partition coefficient (Wildman–Crippen LogP) is 1.85. The van der Waals surface area contributed by atoms with Gasteiger partial charge in [0.15, 0.2) is 6.61 Å². The molecule has 1 aromatic rings. The first-order valence-electron chi connectivity index (χ1n) is 5.58. The number of nitrogens with zero attached hydrogens (tertiary/aromatic N) is 1. The summed E-state index contributed by atoms with van der Waals surface area (Å²) in [5.74, 6) is 0.451. The SMILES string of the molecule is CCC(C)NC(=O)COc1ccc(C#N)cc1. The van der Waals surface area contributed by atoms with Gasteiger partial charge < -0.3 is 10.1 Å². The maximum atomic E-state index is 11.4. The zero-order valence-corrected chi connectivity index (χ0v) is 10.1. The van der Waals surface area contributed by atoms with Gasteiger partial charge in [0.25, 0.3) is 5.91 Å². The van der Waals surface area contributed by atoms with Gasteiger partial charge in [-0.1, -0.05) is 6.92 Å². The second-order valence-corrected chi connectivity index (χ2v) is 3.80. The summed E-state index contributed by atoms with van der Waals surface area (Å²) < 4.78 is 5.29. The van der Waals surface area contributed by atoms with Crippen LogP contribution in [0.5, 0.6) is 5.75 Å². The van der Waals surface area contributed by atoms with E-state index < -0.39 is 0 Å². The number of hydrogen-bond acceptors (Lipinski definition) is 3. The van der Waals surface area contributed by atoms with Gasteiger partial charge in [0.05, 0.1) is 11.6 Å². The van der Waals surface area contributed by atoms with Gasteiger partial charge in [0.2, 0.25) is 0 Å². The Morgan fingerprint density at radius 3 is 2.65 bits per heavy atom. The van der Waals surface area contributed by atoms with Crippen LogP contribution in [0.15, 0.2) is 24.3 Å². The smallest absolute Gasteiger partial charge is 0.258 e. The van der Waals surface area contributed by atoms with Gasteiger partial charge >= 0.3 is 0 Å². The van der Waals surface area contributed by atoms with Gasteiger partial charge in [-0.25, -0.2) is 0 Å². The molecule has 0 spiro atoms. The number of ether oxygens (including phenoxy) is 1. The van der Waals surface area contributed by atoms with Crippen molar-refractivity contribution in [1.29, 1.82) is 5.26 Å². The Hall–Kier alpha value is -2.02. The summed E-state index contributed by atoms with van der Waals surface area (Å²) in [7, 11) is 0. The maximum absolute atomic E-state index is 11.4. The molecule has 0 fully saturated rings. The summed E-state index contributed by atoms with van der Waals surface area (Å²) in [6.07, 6.45) is 0.891. The monoisotopic (exact) mass is 232 g/mol. The van der Waals surface area contributed by atoms with Gasteiger partial charge in [0.1, 0.15) is 5.75 Å². The minimum absolute atomic E-state index is 0.00373. The number of benzene rings is 1. The third kappa shape index (κ3) is 4.56. The predicted molar refractivity (Wildman–Crippen MR) is 64.5 cm³/mol. The highest BCUT2D eigenvalue weighted by Crippen LogP contribution is 2.11. The molecule has 17 heavy (non-hydrogen) atoms. The van der Waals surface area contributed by atoms with Crippen molar-refractivity contribution in [3.63, 3.8) is 0 Å². The van der Waals surface area contributed by atoms with Crippen molar-refractivity contribution in [2.24, 2.45) is 0 Å². The summed E-state index contributed by atoms with van der Waals surface area (Å²) in [5.41, 5.74) is 0.571. The van der Waals surface area contributed by atoms with E-state index in [1.165, 1.54) is 0 Å². The van der Waals surface area contributed by atoms with Gasteiger partial charge in [-0.3, -0.25) is 4.79 Å². The maximum Gasteiger partial charge on any atom is 0.258 e. The van der Waals surface area contributed by atoms with Crippen LogP contribution in [-0.4, -0.2) is 18.6 Å². The molecule has 0 saturated carbocycles. The van der Waals surface area contributed by atoms with E-state index in [4.69, 9.17) is 10.00 Å². The molecule has 0 aromatic heterocycles. The number of carbonyl (C=O) groups excluding carboxylic acids is 1. The molecule has 0 aliphatic carbocycles. The Balaban J connectivity index is 2.40. The lowest BCUT2D eigenvalue weighted by molar-refractivity contribution is -0.123. The Bertz CT molecular complexity index is 406. The van der Waals surface area contributed by atoms with Crippen molar-refractivity contribution in [1.82, 2.24) is 5.32 Å². The fourth-order valence-corrected chi connectivity index (χ4v) is 1.19. The zero-order valence-electron chi connectivity index (χ0n) is 10.1. The van der Waals surface area contributed by atoms with Crippen molar-refractivity contribution in [2.75, 3.05) is 6.61 Å². The molecule has 90 valence electrons. The topological polar surface area (TPSA) is 62.1 Å². The lowest BCUT2D eigenvalue weighted by Crippen LogP contribution is -2.35. The zero-order chi connectivity index (χ0) is 12.7. The van der Waals surface area contributed by atoms with Crippen LogP contribution in [0.3, 0.4) is 0 Å². The molecule has 4 heteroatoms. The van der Waals surface area contributed by atoms with E-state index in [1.54, 1.807) is 24.3 Å². The first kappa shape index (κ1) is 13.0. The van der Waals surface area contributed by atoms with Crippen LogP contribution < -0.4 is 10.1 Å². The second kappa shape index (κ2) is 6.54. The van der Waals surface area contributed by atoms with E-state index in [9.17, 15) is 4.79 Å². The standard InChI is InChI=1S/C13H16N2O2/c1-3-10(2)15-13(16)9-17-12-6-4-11(8-14)5-7-12/h4-7,10H,3,9H2,1-2H3,(H,15,16). The Labute approximate surface area is 101 Å². The summed E-state index contributed by atoms with van der Waals surface area (Å²) in [6, 6.07) is 8.84. The summed E-state index contributed by atoms with van der Waals surface area (Å²) in [6.45, 7) is 3.95. The highest BCUT2D eigenvalue weighted by Gasteiger charge is 2.05. The third-order valence-corrected chi connectivity index (χ3v) is 2.37. The Kier molecular flexibility index (Phi) is 5.02. The Morgan fingerprint density at radius 2 is 2.12 bits per heavy atom. The molecular formula is C13H16N2O2. The average molecular weight is 232 g/mol. The van der Waals surface area contributed by atoms with Crippen LogP contribution in [0, 0.1) is 11.3 Å². The van der Waals surface area contributed by atoms with Crippen molar-refractivity contribution >= 4 is 5.91 Å². The minimum atomic E-state index is -0.135. The van der Waals surface area contributed by atoms with E-state index >= 15 is 0 Å². The lowest BCUT2D eigenvalue weighted by Gasteiger charge is -2.11. The average Bonchev–Trinajstić information content (AvgIpc) is 2.36. The van der Waals surface area contributed by atoms with Crippen LogP contribution in [0.2, 0.25) is 0 Å². The first-order chi connectivity index (χ1) is 8.15. The van der Waals surface area contributed by atoms with Crippen LogP contribution in [-0.2, 0) is 4.79 Å². The highest BCUT2D eigenvalue weighted by molar-refractivity contribution is 5.77. The van der Waals surface area contributed by atoms with Crippen LogP contribution in [0.1, 0.15) is 25.8 Å². The molecule has 0 radical (unpaired) electrons. The number of hydrogen-bond donors (Lipinski definition) is 1. The van der Waals surface area contributed by atoms with E-state index in [0.29, 0.717) is 11.3 Å². The minimum Gasteiger partial charge on any atom is -0.484 e. The van der Waals surface area contributed by atoms with Crippen molar-refractivity contribution in [2.45, 2.75) is 26.3 Å². The first-order valence-corrected chi connectivity index (χ1v) is 5.58. The molecule has 1 atom stereocenters. The van der Waals surface area contributed by atoms with E-state index in [1.807, 2.05) is 19.9 Å². The largest absolute Gasteiger partial charge is 0.484 e. The van der Waals surface area contributed by atoms with Crippen molar-refractivity contribution < 1.29 is 9.53 Å². The molecule has 1 N–H and O–H groups in total. The molecule has 0 bridgehead atoms. The normalized spacial score (nSPS) is 11.4. The van der Waals surface area contributed by atoms with Gasteiger partial charge in [0, 0.05) is 6.04 Å². The molecule has 1 unspecified atom stereocenters. The third-order valence-electron chi connectivity index (χ3n) is 2.37. The number of nitriles is 1. The van der Waals surface area contributed by atoms with Crippen LogP contribution in [0.25, 0.3) is 0 Å². The molecule has 0 aliphatic heterocycles. The molecule has 1 aromatic carbocycles. The van der Waals surface area contributed by atoms with E-state index in [0.717, 1.165) is 6.42 Å². The molecule has 1 amide bonds. The number of nitrogens with one attached hydrogen (secondary N) is 1. The van der Waals surface area contributed by atoms with E-state index in [-0.39, 0.29) is 18.6 Å². The molecule has 0 heterocycles. The van der Waals surface area contributed by atoms with Gasteiger partial charge in [-0.05, 0) is 37.6 Å². The van der Waals surface area contributed by atoms with Gasteiger partial charge in [-0.2, -0.15) is 5.26 Å². The number of amides is 1. The molecular weight excluding hydrogens is 216 g/mol. The summed E-state index contributed by atoms with van der Waals surface area (Å²) >= 11 is 0. The van der Waals surface area contributed by atoms with Crippen molar-refractivity contribution in [3.8, 4) is 11.8 Å². The van der Waals surface area contributed by atoms with Crippen molar-refractivity contribution in [3.05, 3.63) is 29.8 Å². The summed E-state index contributed by atoms with van der Waals surface area (Å²) in [4.78, 5) is 11.4. The molecule has 1 rings (SSSR count). The number of rotatable bonds is 5. The molecule has 0 saturated heterocycles. The molecule has 4 nitrogen and oxygen atoms in total. The van der Waals surface area contributed by atoms with E-state index in [2.05, 4.69) is 5.32 Å². The Morgan fingerprint density at radius 1 is 1.47 bits per heavy atom. The highest BCUT2D eigenvalue weighted by atomic mass is 16.5. The number of carbonyl (C=O) groups is 1. The fourth-order valence-electron chi connectivity index (χ4n) is 1.19.